The third-order valence-electron chi connectivity index (χ3n) is 3.33. The van der Waals surface area contributed by atoms with Crippen molar-refractivity contribution in [2.75, 3.05) is 18.9 Å². The smallest absolute Gasteiger partial charge is 0.254 e. The van der Waals surface area contributed by atoms with Crippen molar-refractivity contribution >= 4 is 11.7 Å². The number of carbonyl (C=O) groups is 1. The molecule has 1 rings (SSSR count). The molecule has 1 heterocycles. The van der Waals surface area contributed by atoms with Crippen LogP contribution in [0.4, 0.5) is 5.82 Å². The van der Waals surface area contributed by atoms with Gasteiger partial charge >= 0.3 is 0 Å². The van der Waals surface area contributed by atoms with E-state index in [0.717, 1.165) is 36.5 Å². The number of anilines is 1. The van der Waals surface area contributed by atoms with E-state index in [1.807, 2.05) is 24.1 Å². The first-order valence-corrected chi connectivity index (χ1v) is 7.88. The minimum atomic E-state index is 0.0925. The van der Waals surface area contributed by atoms with E-state index in [2.05, 4.69) is 44.9 Å². The number of amides is 1. The topological polar surface area (TPSA) is 45.2 Å². The van der Waals surface area contributed by atoms with Crippen molar-refractivity contribution in [2.24, 2.45) is 5.92 Å². The molecular formula is C17H29N3O. The average Bonchev–Trinajstić information content (AvgIpc) is 2.43. The molecule has 0 radical (unpaired) electrons. The van der Waals surface area contributed by atoms with Crippen molar-refractivity contribution in [3.05, 3.63) is 23.4 Å². The lowest BCUT2D eigenvalue weighted by Gasteiger charge is -2.29. The molecule has 0 bridgehead atoms. The highest BCUT2D eigenvalue weighted by atomic mass is 16.2. The summed E-state index contributed by atoms with van der Waals surface area (Å²) in [5.74, 6) is 1.31. The molecule has 1 aromatic heterocycles. The molecule has 0 aliphatic heterocycles. The summed E-state index contributed by atoms with van der Waals surface area (Å²) in [5.41, 5.74) is 1.70. The van der Waals surface area contributed by atoms with Crippen LogP contribution in [-0.2, 0) is 6.42 Å². The lowest BCUT2D eigenvalue weighted by molar-refractivity contribution is 0.0681. The van der Waals surface area contributed by atoms with Gasteiger partial charge in [-0.15, -0.1) is 0 Å². The highest BCUT2D eigenvalue weighted by Gasteiger charge is 2.20. The van der Waals surface area contributed by atoms with Crippen molar-refractivity contribution in [2.45, 2.75) is 53.5 Å². The molecule has 21 heavy (non-hydrogen) atoms. The van der Waals surface area contributed by atoms with Gasteiger partial charge in [-0.25, -0.2) is 4.98 Å². The van der Waals surface area contributed by atoms with Crippen molar-refractivity contribution in [1.82, 2.24) is 9.88 Å². The zero-order valence-corrected chi connectivity index (χ0v) is 14.2. The molecule has 1 amide bonds. The van der Waals surface area contributed by atoms with Crippen molar-refractivity contribution in [1.29, 1.82) is 0 Å². The summed E-state index contributed by atoms with van der Waals surface area (Å²) in [5, 5.41) is 3.05. The third kappa shape index (κ3) is 5.03. The van der Waals surface area contributed by atoms with Crippen LogP contribution in [-0.4, -0.2) is 35.4 Å². The van der Waals surface area contributed by atoms with E-state index >= 15 is 0 Å². The van der Waals surface area contributed by atoms with E-state index in [0.29, 0.717) is 5.92 Å². The van der Waals surface area contributed by atoms with Crippen LogP contribution in [0.1, 0.15) is 57.1 Å². The maximum absolute atomic E-state index is 12.8. The second-order valence-electron chi connectivity index (χ2n) is 6.18. The van der Waals surface area contributed by atoms with Crippen LogP contribution in [0.3, 0.4) is 0 Å². The van der Waals surface area contributed by atoms with Gasteiger partial charge in [0.15, 0.2) is 0 Å². The molecule has 1 aromatic rings. The van der Waals surface area contributed by atoms with Gasteiger partial charge in [-0.3, -0.25) is 4.79 Å². The number of nitrogens with zero attached hydrogens (tertiary/aromatic N) is 2. The SMILES string of the molecule is CCCc1cc(C(=O)N(CC(C)C)C(C)C)cc(NC)n1. The zero-order chi connectivity index (χ0) is 16.0. The largest absolute Gasteiger partial charge is 0.373 e. The Morgan fingerprint density at radius 1 is 1.29 bits per heavy atom. The van der Waals surface area contributed by atoms with Gasteiger partial charge in [0, 0.05) is 30.9 Å². The van der Waals surface area contributed by atoms with Gasteiger partial charge in [-0.1, -0.05) is 27.2 Å². The molecule has 1 N–H and O–H groups in total. The fourth-order valence-electron chi connectivity index (χ4n) is 2.31. The van der Waals surface area contributed by atoms with Gasteiger partial charge in [0.25, 0.3) is 5.91 Å². The van der Waals surface area contributed by atoms with Crippen LogP contribution >= 0.6 is 0 Å². The zero-order valence-electron chi connectivity index (χ0n) is 14.2. The molecule has 0 fully saturated rings. The predicted molar refractivity (Wildman–Crippen MR) is 88.8 cm³/mol. The quantitative estimate of drug-likeness (QED) is 0.835. The number of aryl methyl sites for hydroxylation is 1. The third-order valence-corrected chi connectivity index (χ3v) is 3.33. The number of hydrogen-bond donors (Lipinski definition) is 1. The van der Waals surface area contributed by atoms with E-state index in [1.165, 1.54) is 0 Å². The lowest BCUT2D eigenvalue weighted by atomic mass is 10.1. The first-order valence-electron chi connectivity index (χ1n) is 7.88. The summed E-state index contributed by atoms with van der Waals surface area (Å²) in [7, 11) is 1.83. The Morgan fingerprint density at radius 3 is 2.43 bits per heavy atom. The number of rotatable bonds is 7. The number of aromatic nitrogens is 1. The standard InChI is InChI=1S/C17H29N3O/c1-7-8-15-9-14(10-16(18-6)19-15)17(21)20(13(4)5)11-12(2)3/h9-10,12-13H,7-8,11H2,1-6H3,(H,18,19). The molecular weight excluding hydrogens is 262 g/mol. The molecule has 0 saturated heterocycles. The first kappa shape index (κ1) is 17.5. The molecule has 0 atom stereocenters. The Bertz CT molecular complexity index is 469. The maximum atomic E-state index is 12.8. The summed E-state index contributed by atoms with van der Waals surface area (Å²) in [6.45, 7) is 11.3. The summed E-state index contributed by atoms with van der Waals surface area (Å²) in [6, 6.07) is 3.97. The Hall–Kier alpha value is -1.58. The number of hydrogen-bond acceptors (Lipinski definition) is 3. The fourth-order valence-corrected chi connectivity index (χ4v) is 2.31. The van der Waals surface area contributed by atoms with Crippen LogP contribution in [0.2, 0.25) is 0 Å². The highest BCUT2D eigenvalue weighted by molar-refractivity contribution is 5.95. The van der Waals surface area contributed by atoms with E-state index in [1.54, 1.807) is 0 Å². The minimum Gasteiger partial charge on any atom is -0.373 e. The normalized spacial score (nSPS) is 11.0. The molecule has 0 aromatic carbocycles. The Kier molecular flexibility index (Phi) is 6.66. The minimum absolute atomic E-state index is 0.0925. The Balaban J connectivity index is 3.10. The van der Waals surface area contributed by atoms with Crippen LogP contribution in [0, 0.1) is 5.92 Å². The summed E-state index contributed by atoms with van der Waals surface area (Å²) < 4.78 is 0. The molecule has 4 heteroatoms. The molecule has 118 valence electrons. The molecule has 0 aliphatic carbocycles. The van der Waals surface area contributed by atoms with E-state index in [9.17, 15) is 4.79 Å². The number of pyridine rings is 1. The van der Waals surface area contributed by atoms with Gasteiger partial charge in [0.1, 0.15) is 5.82 Å². The van der Waals surface area contributed by atoms with E-state index in [4.69, 9.17) is 0 Å². The second-order valence-corrected chi connectivity index (χ2v) is 6.18. The molecule has 4 nitrogen and oxygen atoms in total. The molecule has 0 spiro atoms. The van der Waals surface area contributed by atoms with E-state index < -0.39 is 0 Å². The number of nitrogens with one attached hydrogen (secondary N) is 1. The predicted octanol–water partition coefficient (Wildman–Crippen LogP) is 3.58. The van der Waals surface area contributed by atoms with Gasteiger partial charge < -0.3 is 10.2 Å². The summed E-state index contributed by atoms with van der Waals surface area (Å²) >= 11 is 0. The Morgan fingerprint density at radius 2 is 1.95 bits per heavy atom. The van der Waals surface area contributed by atoms with Gasteiger partial charge in [0.2, 0.25) is 0 Å². The van der Waals surface area contributed by atoms with Crippen molar-refractivity contribution in [3.8, 4) is 0 Å². The van der Waals surface area contributed by atoms with Crippen LogP contribution in [0.25, 0.3) is 0 Å². The van der Waals surface area contributed by atoms with Gasteiger partial charge in [-0.05, 0) is 38.3 Å². The van der Waals surface area contributed by atoms with Crippen molar-refractivity contribution in [3.63, 3.8) is 0 Å². The van der Waals surface area contributed by atoms with Crippen molar-refractivity contribution < 1.29 is 4.79 Å². The highest BCUT2D eigenvalue weighted by Crippen LogP contribution is 2.16. The maximum Gasteiger partial charge on any atom is 0.254 e. The first-order chi connectivity index (χ1) is 9.88. The van der Waals surface area contributed by atoms with Crippen LogP contribution in [0.15, 0.2) is 12.1 Å². The molecule has 0 aliphatic rings. The van der Waals surface area contributed by atoms with Crippen LogP contribution < -0.4 is 5.32 Å². The lowest BCUT2D eigenvalue weighted by Crippen LogP contribution is -2.39. The summed E-state index contributed by atoms with van der Waals surface area (Å²) in [6.07, 6.45) is 1.91. The van der Waals surface area contributed by atoms with E-state index in [-0.39, 0.29) is 11.9 Å². The number of carbonyl (C=O) groups excluding carboxylic acids is 1. The van der Waals surface area contributed by atoms with Crippen LogP contribution in [0.5, 0.6) is 0 Å². The fraction of sp³-hybridized carbons (Fsp3) is 0.647. The molecule has 0 saturated carbocycles. The average molecular weight is 291 g/mol. The summed E-state index contributed by atoms with van der Waals surface area (Å²) in [4.78, 5) is 19.3. The Labute approximate surface area is 129 Å². The molecule has 0 unspecified atom stereocenters. The second kappa shape index (κ2) is 8.01. The monoisotopic (exact) mass is 291 g/mol. The van der Waals surface area contributed by atoms with Gasteiger partial charge in [0.05, 0.1) is 0 Å². The van der Waals surface area contributed by atoms with Gasteiger partial charge in [-0.2, -0.15) is 0 Å².